The fourth-order valence-corrected chi connectivity index (χ4v) is 2.21. The lowest BCUT2D eigenvalue weighted by molar-refractivity contribution is -0.148. The third-order valence-electron chi connectivity index (χ3n) is 3.24. The summed E-state index contributed by atoms with van der Waals surface area (Å²) >= 11 is 0. The van der Waals surface area contributed by atoms with Gasteiger partial charge in [0.05, 0.1) is 6.61 Å². The number of ether oxygens (including phenoxy) is 1. The Morgan fingerprint density at radius 3 is 2.39 bits per heavy atom. The lowest BCUT2D eigenvalue weighted by Gasteiger charge is -2.15. The molecule has 1 unspecified atom stereocenters. The number of esters is 1. The number of hydrogen-bond acceptors (Lipinski definition) is 3. The molecule has 1 rings (SSSR count). The fourth-order valence-electron chi connectivity index (χ4n) is 2.21. The van der Waals surface area contributed by atoms with Crippen molar-refractivity contribution in [3.8, 4) is 0 Å². The minimum atomic E-state index is -0.544. The molecule has 1 atom stereocenters. The molecule has 1 amide bonds. The predicted molar refractivity (Wildman–Crippen MR) is 70.0 cm³/mol. The first-order valence-electron chi connectivity index (χ1n) is 6.95. The van der Waals surface area contributed by atoms with Gasteiger partial charge in [0.1, 0.15) is 6.04 Å². The number of hydrogen-bond donors (Lipinski definition) is 1. The zero-order chi connectivity index (χ0) is 13.5. The van der Waals surface area contributed by atoms with Gasteiger partial charge in [-0.1, -0.05) is 26.7 Å². The molecule has 1 aliphatic carbocycles. The summed E-state index contributed by atoms with van der Waals surface area (Å²) in [5.74, 6) is 0.443. The summed E-state index contributed by atoms with van der Waals surface area (Å²) < 4.78 is 5.08. The summed E-state index contributed by atoms with van der Waals surface area (Å²) in [6.07, 6.45) is 5.27. The van der Waals surface area contributed by atoms with E-state index in [2.05, 4.69) is 5.32 Å². The molecule has 18 heavy (non-hydrogen) atoms. The van der Waals surface area contributed by atoms with Gasteiger partial charge in [0, 0.05) is 6.42 Å². The van der Waals surface area contributed by atoms with Gasteiger partial charge in [-0.05, 0) is 31.6 Å². The van der Waals surface area contributed by atoms with Crippen LogP contribution in [0.5, 0.6) is 0 Å². The van der Waals surface area contributed by atoms with Crippen molar-refractivity contribution < 1.29 is 14.3 Å². The molecule has 0 aliphatic heterocycles. The minimum absolute atomic E-state index is 0.0316. The first-order valence-corrected chi connectivity index (χ1v) is 6.95. The van der Waals surface area contributed by atoms with E-state index in [0.29, 0.717) is 24.9 Å². The Morgan fingerprint density at radius 2 is 1.83 bits per heavy atom. The summed E-state index contributed by atoms with van der Waals surface area (Å²) in [7, 11) is 0. The molecular weight excluding hydrogens is 230 g/mol. The predicted octanol–water partition coefficient (Wildman–Crippen LogP) is 2.27. The van der Waals surface area contributed by atoms with Crippen LogP contribution >= 0.6 is 0 Å². The summed E-state index contributed by atoms with van der Waals surface area (Å²) in [6.45, 7) is 6.05. The van der Waals surface area contributed by atoms with E-state index in [1.54, 1.807) is 6.92 Å². The Kier molecular flexibility index (Phi) is 6.16. The summed E-state index contributed by atoms with van der Waals surface area (Å²) in [6, 6.07) is -0.544. The maximum Gasteiger partial charge on any atom is 0.328 e. The van der Waals surface area contributed by atoms with Crippen LogP contribution in [0.2, 0.25) is 0 Å². The van der Waals surface area contributed by atoms with Gasteiger partial charge >= 0.3 is 5.97 Å². The number of carbonyl (C=O) groups excluding carboxylic acids is 2. The molecule has 0 aromatic rings. The van der Waals surface area contributed by atoms with Gasteiger partial charge in [0.15, 0.2) is 0 Å². The van der Waals surface area contributed by atoms with E-state index in [4.69, 9.17) is 4.74 Å². The largest absolute Gasteiger partial charge is 0.464 e. The maximum atomic E-state index is 11.7. The van der Waals surface area contributed by atoms with Crippen molar-refractivity contribution in [1.29, 1.82) is 0 Å². The second-order valence-corrected chi connectivity index (χ2v) is 5.67. The van der Waals surface area contributed by atoms with Crippen LogP contribution in [0.25, 0.3) is 0 Å². The Morgan fingerprint density at radius 1 is 1.22 bits per heavy atom. The molecule has 0 spiro atoms. The van der Waals surface area contributed by atoms with Crippen LogP contribution in [0, 0.1) is 11.8 Å². The van der Waals surface area contributed by atoms with Crippen LogP contribution < -0.4 is 5.32 Å². The van der Waals surface area contributed by atoms with E-state index in [9.17, 15) is 9.59 Å². The van der Waals surface area contributed by atoms with E-state index in [1.807, 2.05) is 13.8 Å². The van der Waals surface area contributed by atoms with Gasteiger partial charge in [-0.2, -0.15) is 0 Å². The molecule has 0 aromatic carbocycles. The Bertz CT molecular complexity index is 283. The van der Waals surface area contributed by atoms with Crippen molar-refractivity contribution >= 4 is 11.9 Å². The van der Waals surface area contributed by atoms with Crippen molar-refractivity contribution in [3.05, 3.63) is 0 Å². The SMILES string of the molecule is CC(C)COC(=O)C(C)NC(=O)CC1CCCC1. The normalized spacial score (nSPS) is 17.8. The maximum absolute atomic E-state index is 11.7. The summed E-state index contributed by atoms with van der Waals surface area (Å²) in [4.78, 5) is 23.3. The number of nitrogens with one attached hydrogen (secondary N) is 1. The second-order valence-electron chi connectivity index (χ2n) is 5.67. The fraction of sp³-hybridized carbons (Fsp3) is 0.857. The van der Waals surface area contributed by atoms with E-state index in [-0.39, 0.29) is 11.9 Å². The van der Waals surface area contributed by atoms with Gasteiger partial charge in [-0.15, -0.1) is 0 Å². The van der Waals surface area contributed by atoms with Gasteiger partial charge in [0.2, 0.25) is 5.91 Å². The highest BCUT2D eigenvalue weighted by molar-refractivity contribution is 5.84. The first-order chi connectivity index (χ1) is 8.49. The van der Waals surface area contributed by atoms with Crippen molar-refractivity contribution in [3.63, 3.8) is 0 Å². The van der Waals surface area contributed by atoms with Crippen LogP contribution in [-0.2, 0) is 14.3 Å². The molecule has 0 aromatic heterocycles. The van der Waals surface area contributed by atoms with Crippen LogP contribution in [0.15, 0.2) is 0 Å². The highest BCUT2D eigenvalue weighted by Gasteiger charge is 2.22. The van der Waals surface area contributed by atoms with E-state index >= 15 is 0 Å². The highest BCUT2D eigenvalue weighted by atomic mass is 16.5. The topological polar surface area (TPSA) is 55.4 Å². The van der Waals surface area contributed by atoms with Gasteiger partial charge in [0.25, 0.3) is 0 Å². The van der Waals surface area contributed by atoms with Gasteiger partial charge in [-0.25, -0.2) is 4.79 Å². The molecular formula is C14H25NO3. The van der Waals surface area contributed by atoms with Crippen LogP contribution in [0.3, 0.4) is 0 Å². The number of carbonyl (C=O) groups is 2. The van der Waals surface area contributed by atoms with E-state index < -0.39 is 6.04 Å². The van der Waals surface area contributed by atoms with Crippen molar-refractivity contribution in [2.24, 2.45) is 11.8 Å². The molecule has 0 bridgehead atoms. The lowest BCUT2D eigenvalue weighted by atomic mass is 10.0. The van der Waals surface area contributed by atoms with Crippen molar-refractivity contribution in [2.75, 3.05) is 6.61 Å². The standard InChI is InChI=1S/C14H25NO3/c1-10(2)9-18-14(17)11(3)15-13(16)8-12-6-4-5-7-12/h10-12H,4-9H2,1-3H3,(H,15,16). The number of amides is 1. The van der Waals surface area contributed by atoms with Crippen molar-refractivity contribution in [2.45, 2.75) is 58.9 Å². The van der Waals surface area contributed by atoms with Gasteiger partial charge < -0.3 is 10.1 Å². The van der Waals surface area contributed by atoms with Crippen LogP contribution in [0.4, 0.5) is 0 Å². The van der Waals surface area contributed by atoms with Gasteiger partial charge in [-0.3, -0.25) is 4.79 Å². The Balaban J connectivity index is 2.23. The molecule has 1 N–H and O–H groups in total. The second kappa shape index (κ2) is 7.39. The quantitative estimate of drug-likeness (QED) is 0.741. The zero-order valence-corrected chi connectivity index (χ0v) is 11.7. The molecule has 0 heterocycles. The molecule has 1 fully saturated rings. The Hall–Kier alpha value is -1.06. The Labute approximate surface area is 109 Å². The first kappa shape index (κ1) is 15.0. The van der Waals surface area contributed by atoms with Crippen LogP contribution in [0.1, 0.15) is 52.9 Å². The van der Waals surface area contributed by atoms with E-state index in [1.165, 1.54) is 12.8 Å². The molecule has 1 saturated carbocycles. The molecule has 4 heteroatoms. The molecule has 0 radical (unpaired) electrons. The van der Waals surface area contributed by atoms with Crippen LogP contribution in [-0.4, -0.2) is 24.5 Å². The third kappa shape index (κ3) is 5.52. The number of rotatable bonds is 6. The lowest BCUT2D eigenvalue weighted by Crippen LogP contribution is -2.40. The molecule has 104 valence electrons. The smallest absolute Gasteiger partial charge is 0.328 e. The highest BCUT2D eigenvalue weighted by Crippen LogP contribution is 2.27. The summed E-state index contributed by atoms with van der Waals surface area (Å²) in [5.41, 5.74) is 0. The van der Waals surface area contributed by atoms with E-state index in [0.717, 1.165) is 12.8 Å². The molecule has 0 saturated heterocycles. The average Bonchev–Trinajstić information content (AvgIpc) is 2.78. The average molecular weight is 255 g/mol. The zero-order valence-electron chi connectivity index (χ0n) is 11.7. The summed E-state index contributed by atoms with van der Waals surface area (Å²) in [5, 5.41) is 2.72. The third-order valence-corrected chi connectivity index (χ3v) is 3.24. The molecule has 1 aliphatic rings. The monoisotopic (exact) mass is 255 g/mol. The molecule has 4 nitrogen and oxygen atoms in total. The van der Waals surface area contributed by atoms with Crippen molar-refractivity contribution in [1.82, 2.24) is 5.32 Å². The minimum Gasteiger partial charge on any atom is -0.464 e.